The average molecular weight is 426 g/mol. The number of ether oxygens (including phenoxy) is 2. The Hall–Kier alpha value is -3.39. The van der Waals surface area contributed by atoms with E-state index in [1.807, 2.05) is 31.2 Å². The maximum Gasteiger partial charge on any atom is 0.270 e. The lowest BCUT2D eigenvalue weighted by molar-refractivity contribution is 0.0925. The number of methoxy groups -OCH3 is 1. The summed E-state index contributed by atoms with van der Waals surface area (Å²) >= 11 is 1.40. The van der Waals surface area contributed by atoms with E-state index in [2.05, 4.69) is 15.6 Å². The first-order chi connectivity index (χ1) is 14.6. The van der Waals surface area contributed by atoms with Crippen molar-refractivity contribution in [3.63, 3.8) is 0 Å². The molecule has 0 radical (unpaired) electrons. The molecule has 1 aromatic heterocycles. The summed E-state index contributed by atoms with van der Waals surface area (Å²) in [7, 11) is 1.57. The van der Waals surface area contributed by atoms with Gasteiger partial charge in [0.2, 0.25) is 0 Å². The Morgan fingerprint density at radius 2 is 1.57 bits per heavy atom. The van der Waals surface area contributed by atoms with Gasteiger partial charge in [-0.3, -0.25) is 9.59 Å². The lowest BCUT2D eigenvalue weighted by atomic mass is 10.2. The minimum Gasteiger partial charge on any atom is -0.497 e. The monoisotopic (exact) mass is 425 g/mol. The first-order valence-electron chi connectivity index (χ1n) is 9.50. The van der Waals surface area contributed by atoms with Crippen LogP contribution in [0.1, 0.15) is 27.8 Å². The highest BCUT2D eigenvalue weighted by molar-refractivity contribution is 7.13. The molecule has 2 N–H and O–H groups in total. The molecule has 3 rings (SSSR count). The van der Waals surface area contributed by atoms with Crippen LogP contribution in [0, 0.1) is 0 Å². The van der Waals surface area contributed by atoms with E-state index in [1.54, 1.807) is 36.8 Å². The van der Waals surface area contributed by atoms with Crippen LogP contribution in [0.4, 0.5) is 0 Å². The topological polar surface area (TPSA) is 89.5 Å². The molecule has 0 aliphatic heterocycles. The molecular formula is C22H23N3O4S. The van der Waals surface area contributed by atoms with E-state index in [0.717, 1.165) is 16.3 Å². The van der Waals surface area contributed by atoms with Crippen LogP contribution in [-0.4, -0.2) is 43.6 Å². The summed E-state index contributed by atoms with van der Waals surface area (Å²) in [5.41, 5.74) is 1.81. The Labute approximate surface area is 179 Å². The summed E-state index contributed by atoms with van der Waals surface area (Å²) in [6.07, 6.45) is 0. The molecule has 0 fully saturated rings. The lowest BCUT2D eigenvalue weighted by Gasteiger charge is -2.07. The number of aromatic nitrogens is 1. The van der Waals surface area contributed by atoms with Gasteiger partial charge in [-0.25, -0.2) is 4.98 Å². The summed E-state index contributed by atoms with van der Waals surface area (Å²) in [6.45, 7) is 3.16. The fraction of sp³-hybridized carbons (Fsp3) is 0.227. The van der Waals surface area contributed by atoms with Crippen molar-refractivity contribution in [2.24, 2.45) is 0 Å². The Morgan fingerprint density at radius 3 is 2.20 bits per heavy atom. The highest BCUT2D eigenvalue weighted by Gasteiger charge is 2.12. The first kappa shape index (κ1) is 21.3. The Balaban J connectivity index is 1.46. The normalized spacial score (nSPS) is 10.3. The second-order valence-electron chi connectivity index (χ2n) is 6.24. The molecule has 0 saturated heterocycles. The van der Waals surface area contributed by atoms with Gasteiger partial charge in [-0.05, 0) is 55.5 Å². The molecule has 0 atom stereocenters. The predicted octanol–water partition coefficient (Wildman–Crippen LogP) is 3.38. The zero-order valence-corrected chi connectivity index (χ0v) is 17.6. The Bertz CT molecular complexity index is 984. The fourth-order valence-electron chi connectivity index (χ4n) is 2.66. The van der Waals surface area contributed by atoms with Crippen LogP contribution < -0.4 is 20.1 Å². The standard InChI is InChI=1S/C22H23N3O4S/c1-3-29-18-10-6-16(7-11-18)22-25-19(14-30-22)21(27)24-13-12-23-20(26)15-4-8-17(28-2)9-5-15/h4-11,14H,3,12-13H2,1-2H3,(H,23,26)(H,24,27). The number of carbonyl (C=O) groups excluding carboxylic acids is 2. The van der Waals surface area contributed by atoms with Gasteiger partial charge >= 0.3 is 0 Å². The Morgan fingerprint density at radius 1 is 0.933 bits per heavy atom. The van der Waals surface area contributed by atoms with Crippen molar-refractivity contribution in [3.8, 4) is 22.1 Å². The van der Waals surface area contributed by atoms with E-state index in [9.17, 15) is 9.59 Å². The third kappa shape index (κ3) is 5.57. The molecule has 30 heavy (non-hydrogen) atoms. The number of carbonyl (C=O) groups is 2. The third-order valence-corrected chi connectivity index (χ3v) is 5.09. The second kappa shape index (κ2) is 10.4. The van der Waals surface area contributed by atoms with Gasteiger partial charge in [0.05, 0.1) is 13.7 Å². The SMILES string of the molecule is CCOc1ccc(-c2nc(C(=O)NCCNC(=O)c3ccc(OC)cc3)cs2)cc1. The summed E-state index contributed by atoms with van der Waals surface area (Å²) in [4.78, 5) is 28.8. The largest absolute Gasteiger partial charge is 0.497 e. The van der Waals surface area contributed by atoms with Gasteiger partial charge in [0, 0.05) is 29.6 Å². The molecule has 0 spiro atoms. The van der Waals surface area contributed by atoms with Crippen molar-refractivity contribution in [1.29, 1.82) is 0 Å². The van der Waals surface area contributed by atoms with Crippen LogP contribution >= 0.6 is 11.3 Å². The summed E-state index contributed by atoms with van der Waals surface area (Å²) in [5.74, 6) is 1.000. The number of thiazole rings is 1. The van der Waals surface area contributed by atoms with Crippen LogP contribution in [0.25, 0.3) is 10.6 Å². The maximum absolute atomic E-state index is 12.3. The summed E-state index contributed by atoms with van der Waals surface area (Å²) in [6, 6.07) is 14.4. The third-order valence-electron chi connectivity index (χ3n) is 4.20. The average Bonchev–Trinajstić information content (AvgIpc) is 3.28. The van der Waals surface area contributed by atoms with Crippen LogP contribution in [-0.2, 0) is 0 Å². The van der Waals surface area contributed by atoms with Gasteiger partial charge in [-0.1, -0.05) is 0 Å². The smallest absolute Gasteiger partial charge is 0.270 e. The lowest BCUT2D eigenvalue weighted by Crippen LogP contribution is -2.34. The highest BCUT2D eigenvalue weighted by atomic mass is 32.1. The summed E-state index contributed by atoms with van der Waals surface area (Å²) < 4.78 is 10.5. The minimum atomic E-state index is -0.276. The second-order valence-corrected chi connectivity index (χ2v) is 7.09. The van der Waals surface area contributed by atoms with Crippen LogP contribution in [0.3, 0.4) is 0 Å². The summed E-state index contributed by atoms with van der Waals surface area (Å²) in [5, 5.41) is 8.01. The molecule has 156 valence electrons. The molecule has 0 bridgehead atoms. The van der Waals surface area contributed by atoms with Crippen molar-refractivity contribution < 1.29 is 19.1 Å². The van der Waals surface area contributed by atoms with Crippen LogP contribution in [0.15, 0.2) is 53.9 Å². The van der Waals surface area contributed by atoms with Gasteiger partial charge in [0.1, 0.15) is 22.2 Å². The number of benzene rings is 2. The molecule has 0 aliphatic rings. The minimum absolute atomic E-state index is 0.210. The number of amides is 2. The van der Waals surface area contributed by atoms with E-state index < -0.39 is 0 Å². The first-order valence-corrected chi connectivity index (χ1v) is 10.4. The molecule has 0 unspecified atom stereocenters. The zero-order valence-electron chi connectivity index (χ0n) is 16.8. The zero-order chi connectivity index (χ0) is 21.3. The number of rotatable bonds is 9. The van der Waals surface area contributed by atoms with Crippen molar-refractivity contribution in [2.45, 2.75) is 6.92 Å². The predicted molar refractivity (Wildman–Crippen MR) is 116 cm³/mol. The van der Waals surface area contributed by atoms with E-state index in [4.69, 9.17) is 9.47 Å². The molecule has 3 aromatic rings. The van der Waals surface area contributed by atoms with Crippen molar-refractivity contribution >= 4 is 23.2 Å². The highest BCUT2D eigenvalue weighted by Crippen LogP contribution is 2.25. The van der Waals surface area contributed by atoms with Gasteiger partial charge in [0.25, 0.3) is 11.8 Å². The van der Waals surface area contributed by atoms with E-state index in [1.165, 1.54) is 11.3 Å². The molecule has 7 nitrogen and oxygen atoms in total. The van der Waals surface area contributed by atoms with Crippen LogP contribution in [0.2, 0.25) is 0 Å². The van der Waals surface area contributed by atoms with Crippen LogP contribution in [0.5, 0.6) is 11.5 Å². The molecule has 2 aromatic carbocycles. The number of nitrogens with zero attached hydrogens (tertiary/aromatic N) is 1. The van der Waals surface area contributed by atoms with E-state index >= 15 is 0 Å². The number of nitrogens with one attached hydrogen (secondary N) is 2. The quantitative estimate of drug-likeness (QED) is 0.513. The fourth-order valence-corrected chi connectivity index (χ4v) is 3.46. The molecule has 0 saturated carbocycles. The van der Waals surface area contributed by atoms with E-state index in [0.29, 0.717) is 36.7 Å². The van der Waals surface area contributed by atoms with Gasteiger partial charge in [-0.15, -0.1) is 11.3 Å². The molecule has 0 aliphatic carbocycles. The number of hydrogen-bond acceptors (Lipinski definition) is 6. The molecule has 1 heterocycles. The van der Waals surface area contributed by atoms with Crippen molar-refractivity contribution in [3.05, 3.63) is 65.2 Å². The number of hydrogen-bond donors (Lipinski definition) is 2. The maximum atomic E-state index is 12.3. The van der Waals surface area contributed by atoms with Gasteiger partial charge < -0.3 is 20.1 Å². The molecule has 8 heteroatoms. The molecule has 2 amide bonds. The van der Waals surface area contributed by atoms with Crippen molar-refractivity contribution in [1.82, 2.24) is 15.6 Å². The van der Waals surface area contributed by atoms with Gasteiger partial charge in [0.15, 0.2) is 0 Å². The Kier molecular flexibility index (Phi) is 7.40. The van der Waals surface area contributed by atoms with E-state index in [-0.39, 0.29) is 11.8 Å². The van der Waals surface area contributed by atoms with Gasteiger partial charge in [-0.2, -0.15) is 0 Å². The molecular weight excluding hydrogens is 402 g/mol. The van der Waals surface area contributed by atoms with Crippen molar-refractivity contribution in [2.75, 3.05) is 26.8 Å².